The van der Waals surface area contributed by atoms with Crippen molar-refractivity contribution in [1.82, 2.24) is 5.32 Å². The Hall–Kier alpha value is -0.740. The van der Waals surface area contributed by atoms with Crippen LogP contribution in [0.15, 0.2) is 16.6 Å². The summed E-state index contributed by atoms with van der Waals surface area (Å²) in [4.78, 5) is 0. The molecule has 0 spiro atoms. The minimum absolute atomic E-state index is 0.319. The van der Waals surface area contributed by atoms with Crippen molar-refractivity contribution in [2.45, 2.75) is 77.8 Å². The molecule has 1 N–H and O–H groups in total. The van der Waals surface area contributed by atoms with E-state index < -0.39 is 0 Å². The molecule has 0 radical (unpaired) electrons. The molecule has 4 atom stereocenters. The van der Waals surface area contributed by atoms with Gasteiger partial charge in [-0.2, -0.15) is 0 Å². The third kappa shape index (κ3) is 3.76. The van der Waals surface area contributed by atoms with E-state index in [-0.39, 0.29) is 0 Å². The normalized spacial score (nSPS) is 36.9. The van der Waals surface area contributed by atoms with Crippen LogP contribution in [0.5, 0.6) is 11.5 Å². The summed E-state index contributed by atoms with van der Waals surface area (Å²) in [5.74, 6) is 2.55. The predicted octanol–water partition coefficient (Wildman–Crippen LogP) is 6.09. The first-order valence-corrected chi connectivity index (χ1v) is 11.3. The summed E-state index contributed by atoms with van der Waals surface area (Å²) < 4.78 is 12.5. The second-order valence-electron chi connectivity index (χ2n) is 10.2. The van der Waals surface area contributed by atoms with Gasteiger partial charge in [-0.05, 0) is 95.3 Å². The van der Waals surface area contributed by atoms with Crippen molar-refractivity contribution < 1.29 is 9.47 Å². The van der Waals surface area contributed by atoms with Crippen molar-refractivity contribution in [3.05, 3.63) is 22.2 Å². The molecule has 4 fully saturated rings. The number of benzene rings is 1. The van der Waals surface area contributed by atoms with Gasteiger partial charge in [0.1, 0.15) is 0 Å². The molecular weight excluding hydrogens is 402 g/mol. The van der Waals surface area contributed by atoms with Gasteiger partial charge in [-0.15, -0.1) is 0 Å². The molecule has 4 aliphatic carbocycles. The van der Waals surface area contributed by atoms with Crippen LogP contribution in [-0.2, 0) is 6.54 Å². The molecule has 1 aromatic rings. The summed E-state index contributed by atoms with van der Waals surface area (Å²) in [7, 11) is 1.72. The molecule has 0 saturated heterocycles. The van der Waals surface area contributed by atoms with Gasteiger partial charge in [0.2, 0.25) is 0 Å². The molecule has 4 aliphatic rings. The topological polar surface area (TPSA) is 30.5 Å². The van der Waals surface area contributed by atoms with E-state index in [2.05, 4.69) is 54.2 Å². The fourth-order valence-corrected chi connectivity index (χ4v) is 7.76. The highest BCUT2D eigenvalue weighted by molar-refractivity contribution is 9.10. The summed E-state index contributed by atoms with van der Waals surface area (Å²) >= 11 is 3.69. The molecule has 27 heavy (non-hydrogen) atoms. The van der Waals surface area contributed by atoms with Crippen molar-refractivity contribution >= 4 is 15.9 Å². The van der Waals surface area contributed by atoms with Crippen LogP contribution in [0.2, 0.25) is 0 Å². The van der Waals surface area contributed by atoms with Gasteiger partial charge in [0.05, 0.1) is 18.2 Å². The number of nitrogens with one attached hydrogen (secondary N) is 1. The van der Waals surface area contributed by atoms with Crippen LogP contribution < -0.4 is 14.8 Å². The molecule has 0 heterocycles. The van der Waals surface area contributed by atoms with Gasteiger partial charge >= 0.3 is 0 Å². The van der Waals surface area contributed by atoms with Crippen molar-refractivity contribution in [1.29, 1.82) is 0 Å². The second-order valence-corrected chi connectivity index (χ2v) is 11.1. The highest BCUT2D eigenvalue weighted by Crippen LogP contribution is 2.66. The molecule has 150 valence electrons. The van der Waals surface area contributed by atoms with Gasteiger partial charge in [0.15, 0.2) is 11.5 Å². The first-order chi connectivity index (χ1) is 12.8. The average Bonchev–Trinajstić information content (AvgIpc) is 2.55. The van der Waals surface area contributed by atoms with Gasteiger partial charge in [-0.3, -0.25) is 0 Å². The van der Waals surface area contributed by atoms with E-state index in [1.165, 1.54) is 44.1 Å². The van der Waals surface area contributed by atoms with Crippen LogP contribution in [0.4, 0.5) is 0 Å². The number of methoxy groups -OCH3 is 1. The van der Waals surface area contributed by atoms with Gasteiger partial charge in [-0.1, -0.05) is 20.8 Å². The molecule has 5 rings (SSSR count). The lowest BCUT2D eigenvalue weighted by atomic mass is 9.43. The first-order valence-electron chi connectivity index (χ1n) is 10.5. The highest BCUT2D eigenvalue weighted by Gasteiger charge is 2.59. The Morgan fingerprint density at radius 2 is 1.81 bits per heavy atom. The van der Waals surface area contributed by atoms with E-state index in [0.29, 0.717) is 23.0 Å². The van der Waals surface area contributed by atoms with E-state index in [1.807, 2.05) is 0 Å². The van der Waals surface area contributed by atoms with E-state index in [0.717, 1.165) is 34.9 Å². The number of hydrogen-bond donors (Lipinski definition) is 1. The molecule has 0 aliphatic heterocycles. The van der Waals surface area contributed by atoms with Crippen LogP contribution in [0.25, 0.3) is 0 Å². The zero-order valence-corrected chi connectivity index (χ0v) is 18.9. The van der Waals surface area contributed by atoms with Crippen molar-refractivity contribution in [3.63, 3.8) is 0 Å². The number of hydrogen-bond acceptors (Lipinski definition) is 3. The van der Waals surface area contributed by atoms with Gasteiger partial charge in [-0.25, -0.2) is 0 Å². The predicted molar refractivity (Wildman–Crippen MR) is 113 cm³/mol. The van der Waals surface area contributed by atoms with Gasteiger partial charge < -0.3 is 14.8 Å². The molecule has 4 bridgehead atoms. The van der Waals surface area contributed by atoms with Crippen LogP contribution >= 0.6 is 15.9 Å². The third-order valence-corrected chi connectivity index (χ3v) is 7.62. The maximum atomic E-state index is 5.88. The minimum atomic E-state index is 0.319. The molecule has 1 aromatic carbocycles. The lowest BCUT2D eigenvalue weighted by Gasteiger charge is -2.65. The maximum absolute atomic E-state index is 5.88. The molecule has 2 unspecified atom stereocenters. The molecule has 0 aromatic heterocycles. The SMILES string of the molecule is CCCOc1c(Br)cc(CNC23CC4C[C@@](C)(C2)C[C@](C)(C4)C3)cc1OC. The van der Waals surface area contributed by atoms with E-state index in [9.17, 15) is 0 Å². The van der Waals surface area contributed by atoms with Crippen molar-refractivity contribution in [2.24, 2.45) is 16.7 Å². The van der Waals surface area contributed by atoms with Gasteiger partial charge in [0.25, 0.3) is 0 Å². The minimum Gasteiger partial charge on any atom is -0.493 e. The number of halogens is 1. The first kappa shape index (κ1) is 19.6. The van der Waals surface area contributed by atoms with Gasteiger partial charge in [0, 0.05) is 12.1 Å². The van der Waals surface area contributed by atoms with E-state index in [4.69, 9.17) is 9.47 Å². The van der Waals surface area contributed by atoms with Crippen molar-refractivity contribution in [2.75, 3.05) is 13.7 Å². The zero-order chi connectivity index (χ0) is 19.3. The largest absolute Gasteiger partial charge is 0.493 e. The summed E-state index contributed by atoms with van der Waals surface area (Å²) in [6, 6.07) is 4.32. The molecule has 4 saturated carbocycles. The summed E-state index contributed by atoms with van der Waals surface area (Å²) in [5, 5.41) is 4.02. The van der Waals surface area contributed by atoms with E-state index >= 15 is 0 Å². The highest BCUT2D eigenvalue weighted by atomic mass is 79.9. The standard InChI is InChI=1S/C23H34BrNO2/c1-5-6-27-20-18(24)7-16(8-19(20)26-4)12-25-23-11-17-9-21(2,14-23)13-22(3,10-17)15-23/h7-8,17,25H,5-6,9-15H2,1-4H3/t17?,21-,22+,23?. The number of ether oxygens (including phenoxy) is 2. The fourth-order valence-electron chi connectivity index (χ4n) is 7.15. The van der Waals surface area contributed by atoms with E-state index in [1.54, 1.807) is 7.11 Å². The Labute approximate surface area is 172 Å². The Morgan fingerprint density at radius 3 is 2.41 bits per heavy atom. The van der Waals surface area contributed by atoms with Crippen LogP contribution in [-0.4, -0.2) is 19.3 Å². The Morgan fingerprint density at radius 1 is 1.11 bits per heavy atom. The van der Waals surface area contributed by atoms with Crippen molar-refractivity contribution in [3.8, 4) is 11.5 Å². The average molecular weight is 436 g/mol. The Balaban J connectivity index is 1.51. The zero-order valence-electron chi connectivity index (χ0n) is 17.3. The lowest BCUT2D eigenvalue weighted by Crippen LogP contribution is -2.63. The van der Waals surface area contributed by atoms with Crippen LogP contribution in [0, 0.1) is 16.7 Å². The Kier molecular flexibility index (Phi) is 5.04. The smallest absolute Gasteiger partial charge is 0.175 e. The fraction of sp³-hybridized carbons (Fsp3) is 0.739. The molecule has 3 nitrogen and oxygen atoms in total. The number of rotatable bonds is 7. The summed E-state index contributed by atoms with van der Waals surface area (Å²) in [6.45, 7) is 8.78. The summed E-state index contributed by atoms with van der Waals surface area (Å²) in [6.07, 6.45) is 9.31. The quantitative estimate of drug-likeness (QED) is 0.562. The molecule has 4 heteroatoms. The summed E-state index contributed by atoms with van der Waals surface area (Å²) in [5.41, 5.74) is 2.66. The maximum Gasteiger partial charge on any atom is 0.175 e. The third-order valence-electron chi connectivity index (χ3n) is 7.03. The lowest BCUT2D eigenvalue weighted by molar-refractivity contribution is -0.118. The molecular formula is C23H34BrNO2. The second kappa shape index (κ2) is 6.95. The molecule has 0 amide bonds. The Bertz CT molecular complexity index is 701. The van der Waals surface area contributed by atoms with Crippen LogP contribution in [0.3, 0.4) is 0 Å². The van der Waals surface area contributed by atoms with Crippen LogP contribution in [0.1, 0.15) is 71.3 Å². The monoisotopic (exact) mass is 435 g/mol.